The van der Waals surface area contributed by atoms with E-state index in [9.17, 15) is 0 Å². The second-order valence-electron chi connectivity index (χ2n) is 2.59. The number of hydrogen-bond donors (Lipinski definition) is 0. The minimum atomic E-state index is 0.269. The van der Waals surface area contributed by atoms with Crippen LogP contribution in [0.3, 0.4) is 0 Å². The summed E-state index contributed by atoms with van der Waals surface area (Å²) in [6, 6.07) is 3.81. The van der Waals surface area contributed by atoms with Crippen LogP contribution in [-0.4, -0.2) is 18.9 Å². The molecular weight excluding hydrogens is 154 g/mol. The SMILES string of the molecule is COCOc1ccc(C)nc1C. The van der Waals surface area contributed by atoms with Crippen LogP contribution in [0.25, 0.3) is 0 Å². The van der Waals surface area contributed by atoms with Crippen molar-refractivity contribution in [3.63, 3.8) is 0 Å². The molecule has 66 valence electrons. The van der Waals surface area contributed by atoms with Gasteiger partial charge >= 0.3 is 0 Å². The smallest absolute Gasteiger partial charge is 0.188 e. The average Bonchev–Trinajstić information content (AvgIpc) is 2.03. The first kappa shape index (κ1) is 9.00. The molecule has 0 atom stereocenters. The first-order valence-electron chi connectivity index (χ1n) is 3.80. The van der Waals surface area contributed by atoms with Crippen LogP contribution >= 0.6 is 0 Å². The molecule has 0 aliphatic rings. The van der Waals surface area contributed by atoms with Gasteiger partial charge in [0.1, 0.15) is 5.75 Å². The lowest BCUT2D eigenvalue weighted by molar-refractivity contribution is 0.0503. The summed E-state index contributed by atoms with van der Waals surface area (Å²) in [7, 11) is 1.59. The molecular formula is C9H13NO2. The van der Waals surface area contributed by atoms with Crippen molar-refractivity contribution in [2.24, 2.45) is 0 Å². The highest BCUT2D eigenvalue weighted by Crippen LogP contribution is 2.14. The molecule has 0 amide bonds. The van der Waals surface area contributed by atoms with E-state index < -0.39 is 0 Å². The maximum Gasteiger partial charge on any atom is 0.188 e. The molecule has 0 N–H and O–H groups in total. The van der Waals surface area contributed by atoms with E-state index in [1.807, 2.05) is 26.0 Å². The summed E-state index contributed by atoms with van der Waals surface area (Å²) in [6.07, 6.45) is 0. The molecule has 3 heteroatoms. The Bertz CT molecular complexity index is 261. The molecule has 12 heavy (non-hydrogen) atoms. The summed E-state index contributed by atoms with van der Waals surface area (Å²) in [4.78, 5) is 4.25. The minimum Gasteiger partial charge on any atom is -0.466 e. The fourth-order valence-corrected chi connectivity index (χ4v) is 0.949. The van der Waals surface area contributed by atoms with Gasteiger partial charge in [0, 0.05) is 12.8 Å². The standard InChI is InChI=1S/C9H13NO2/c1-7-4-5-9(8(2)10-7)12-6-11-3/h4-5H,6H2,1-3H3. The number of pyridine rings is 1. The number of aromatic nitrogens is 1. The van der Waals surface area contributed by atoms with Crippen LogP contribution in [-0.2, 0) is 4.74 Å². The Balaban J connectivity index is 2.72. The van der Waals surface area contributed by atoms with E-state index in [1.165, 1.54) is 0 Å². The highest BCUT2D eigenvalue weighted by atomic mass is 16.7. The van der Waals surface area contributed by atoms with Crippen molar-refractivity contribution >= 4 is 0 Å². The van der Waals surface area contributed by atoms with Crippen LogP contribution in [0, 0.1) is 13.8 Å². The predicted octanol–water partition coefficient (Wildman–Crippen LogP) is 1.68. The average molecular weight is 167 g/mol. The third kappa shape index (κ3) is 2.20. The summed E-state index contributed by atoms with van der Waals surface area (Å²) in [5.74, 6) is 0.780. The monoisotopic (exact) mass is 167 g/mol. The number of rotatable bonds is 3. The Labute approximate surface area is 72.3 Å². The van der Waals surface area contributed by atoms with E-state index in [-0.39, 0.29) is 6.79 Å². The van der Waals surface area contributed by atoms with E-state index in [2.05, 4.69) is 4.98 Å². The van der Waals surface area contributed by atoms with Crippen LogP contribution in [0.2, 0.25) is 0 Å². The van der Waals surface area contributed by atoms with Crippen molar-refractivity contribution < 1.29 is 9.47 Å². The lowest BCUT2D eigenvalue weighted by Gasteiger charge is -2.06. The molecule has 0 radical (unpaired) electrons. The lowest BCUT2D eigenvalue weighted by Crippen LogP contribution is -2.01. The van der Waals surface area contributed by atoms with Gasteiger partial charge in [-0.3, -0.25) is 4.98 Å². The molecule has 0 aliphatic heterocycles. The number of nitrogens with zero attached hydrogens (tertiary/aromatic N) is 1. The zero-order valence-electron chi connectivity index (χ0n) is 7.63. The number of ether oxygens (including phenoxy) is 2. The van der Waals surface area contributed by atoms with E-state index in [4.69, 9.17) is 9.47 Å². The quantitative estimate of drug-likeness (QED) is 0.642. The zero-order chi connectivity index (χ0) is 8.97. The molecule has 0 saturated heterocycles. The van der Waals surface area contributed by atoms with Crippen LogP contribution < -0.4 is 4.74 Å². The molecule has 0 bridgehead atoms. The van der Waals surface area contributed by atoms with Crippen molar-refractivity contribution in [1.82, 2.24) is 4.98 Å². The number of methoxy groups -OCH3 is 1. The van der Waals surface area contributed by atoms with Crippen molar-refractivity contribution in [1.29, 1.82) is 0 Å². The van der Waals surface area contributed by atoms with Crippen LogP contribution in [0.5, 0.6) is 5.75 Å². The Kier molecular flexibility index (Phi) is 3.05. The van der Waals surface area contributed by atoms with Crippen LogP contribution in [0.15, 0.2) is 12.1 Å². The van der Waals surface area contributed by atoms with E-state index in [0.717, 1.165) is 17.1 Å². The summed E-state index contributed by atoms with van der Waals surface area (Å²) in [6.45, 7) is 4.14. The molecule has 0 saturated carbocycles. The van der Waals surface area contributed by atoms with Crippen molar-refractivity contribution in [2.75, 3.05) is 13.9 Å². The molecule has 1 aromatic rings. The second kappa shape index (κ2) is 4.07. The molecule has 1 aromatic heterocycles. The Morgan fingerprint density at radius 2 is 2.08 bits per heavy atom. The largest absolute Gasteiger partial charge is 0.466 e. The minimum absolute atomic E-state index is 0.269. The highest BCUT2D eigenvalue weighted by molar-refractivity contribution is 5.27. The lowest BCUT2D eigenvalue weighted by atomic mass is 10.3. The van der Waals surface area contributed by atoms with Gasteiger partial charge in [-0.1, -0.05) is 0 Å². The fourth-order valence-electron chi connectivity index (χ4n) is 0.949. The van der Waals surface area contributed by atoms with Crippen LogP contribution in [0.1, 0.15) is 11.4 Å². The van der Waals surface area contributed by atoms with Crippen molar-refractivity contribution in [3.05, 3.63) is 23.5 Å². The molecule has 0 aromatic carbocycles. The summed E-state index contributed by atoms with van der Waals surface area (Å²) in [5, 5.41) is 0. The first-order chi connectivity index (χ1) is 5.74. The van der Waals surface area contributed by atoms with Gasteiger partial charge in [-0.25, -0.2) is 0 Å². The van der Waals surface area contributed by atoms with Crippen molar-refractivity contribution in [3.8, 4) is 5.75 Å². The van der Waals surface area contributed by atoms with Gasteiger partial charge in [0.25, 0.3) is 0 Å². The number of aryl methyl sites for hydroxylation is 2. The first-order valence-corrected chi connectivity index (χ1v) is 3.80. The molecule has 0 unspecified atom stereocenters. The van der Waals surface area contributed by atoms with Gasteiger partial charge in [0.05, 0.1) is 5.69 Å². The zero-order valence-corrected chi connectivity index (χ0v) is 7.63. The Morgan fingerprint density at radius 1 is 1.33 bits per heavy atom. The topological polar surface area (TPSA) is 31.4 Å². The van der Waals surface area contributed by atoms with E-state index in [1.54, 1.807) is 7.11 Å². The highest BCUT2D eigenvalue weighted by Gasteiger charge is 1.99. The van der Waals surface area contributed by atoms with Gasteiger partial charge in [0.15, 0.2) is 6.79 Å². The maximum absolute atomic E-state index is 5.26. The van der Waals surface area contributed by atoms with Gasteiger partial charge in [-0.05, 0) is 26.0 Å². The fraction of sp³-hybridized carbons (Fsp3) is 0.444. The third-order valence-corrected chi connectivity index (χ3v) is 1.51. The Morgan fingerprint density at radius 3 is 2.67 bits per heavy atom. The molecule has 0 spiro atoms. The molecule has 3 nitrogen and oxygen atoms in total. The molecule has 0 aliphatic carbocycles. The van der Waals surface area contributed by atoms with E-state index >= 15 is 0 Å². The van der Waals surface area contributed by atoms with E-state index in [0.29, 0.717) is 0 Å². The van der Waals surface area contributed by atoms with Gasteiger partial charge in [-0.2, -0.15) is 0 Å². The van der Waals surface area contributed by atoms with Crippen LogP contribution in [0.4, 0.5) is 0 Å². The maximum atomic E-state index is 5.26. The van der Waals surface area contributed by atoms with Gasteiger partial charge in [-0.15, -0.1) is 0 Å². The summed E-state index contributed by atoms with van der Waals surface area (Å²) in [5.41, 5.74) is 1.89. The molecule has 1 heterocycles. The summed E-state index contributed by atoms with van der Waals surface area (Å²) < 4.78 is 10.0. The molecule has 0 fully saturated rings. The van der Waals surface area contributed by atoms with Gasteiger partial charge < -0.3 is 9.47 Å². The second-order valence-corrected chi connectivity index (χ2v) is 2.59. The normalized spacial score (nSPS) is 9.92. The summed E-state index contributed by atoms with van der Waals surface area (Å²) >= 11 is 0. The molecule has 1 rings (SSSR count). The van der Waals surface area contributed by atoms with Gasteiger partial charge in [0.2, 0.25) is 0 Å². The Hall–Kier alpha value is -1.09. The third-order valence-electron chi connectivity index (χ3n) is 1.51. The number of hydrogen-bond acceptors (Lipinski definition) is 3. The van der Waals surface area contributed by atoms with Crippen molar-refractivity contribution in [2.45, 2.75) is 13.8 Å². The predicted molar refractivity (Wildman–Crippen MR) is 46.2 cm³/mol.